The average Bonchev–Trinajstić information content (AvgIpc) is 2.59. The van der Waals surface area contributed by atoms with Crippen LogP contribution in [0.2, 0.25) is 0 Å². The highest BCUT2D eigenvalue weighted by atomic mass is 19.4. The Morgan fingerprint density at radius 2 is 2.31 bits per heavy atom. The van der Waals surface area contributed by atoms with Crippen molar-refractivity contribution in [3.8, 4) is 0 Å². The number of aryl methyl sites for hydroxylation is 1. The fourth-order valence-electron chi connectivity index (χ4n) is 0.932. The number of rotatable bonds is 3. The summed E-state index contributed by atoms with van der Waals surface area (Å²) in [6.07, 6.45) is -5.83. The molecule has 2 N–H and O–H groups in total. The smallest absolute Gasteiger partial charge is 0.382 e. The lowest BCUT2D eigenvalue weighted by molar-refractivity contribution is -0.201. The predicted molar refractivity (Wildman–Crippen MR) is 47.6 cm³/mol. The molecule has 8 heteroatoms. The molecule has 0 saturated heterocycles. The highest BCUT2D eigenvalue weighted by Crippen LogP contribution is 2.19. The summed E-state index contributed by atoms with van der Waals surface area (Å²) in [5, 5.41) is 14.2. The summed E-state index contributed by atoms with van der Waals surface area (Å²) in [5.74, 6) is -0.760. The topological polar surface area (TPSA) is 67.2 Å². The van der Waals surface area contributed by atoms with E-state index in [-0.39, 0.29) is 5.69 Å². The first kappa shape index (κ1) is 12.5. The summed E-state index contributed by atoms with van der Waals surface area (Å²) in [4.78, 5) is 11.2. The SMILES string of the molecule is Cn1ccc(C(=O)NCC(O)C(F)(F)F)n1. The Kier molecular flexibility index (Phi) is 3.53. The molecule has 0 fully saturated rings. The van der Waals surface area contributed by atoms with Gasteiger partial charge in [0.15, 0.2) is 6.10 Å². The van der Waals surface area contributed by atoms with Crippen LogP contribution >= 0.6 is 0 Å². The Hall–Kier alpha value is -1.57. The second-order valence-electron chi connectivity index (χ2n) is 3.14. The van der Waals surface area contributed by atoms with Gasteiger partial charge in [-0.3, -0.25) is 9.48 Å². The predicted octanol–water partition coefficient (Wildman–Crippen LogP) is 0.0731. The highest BCUT2D eigenvalue weighted by molar-refractivity contribution is 5.92. The van der Waals surface area contributed by atoms with E-state index in [1.165, 1.54) is 16.9 Å². The van der Waals surface area contributed by atoms with Gasteiger partial charge < -0.3 is 10.4 Å². The first-order valence-electron chi connectivity index (χ1n) is 4.33. The standard InChI is InChI=1S/C8H10F3N3O2/c1-14-3-2-5(13-14)7(16)12-4-6(15)8(9,10)11/h2-3,6,15H,4H2,1H3,(H,12,16). The molecule has 0 bridgehead atoms. The summed E-state index contributed by atoms with van der Waals surface area (Å²) >= 11 is 0. The average molecular weight is 237 g/mol. The van der Waals surface area contributed by atoms with E-state index in [0.29, 0.717) is 0 Å². The lowest BCUT2D eigenvalue weighted by atomic mass is 10.3. The molecule has 1 aromatic heterocycles. The molecule has 1 aromatic rings. The van der Waals surface area contributed by atoms with Crippen LogP contribution in [0.15, 0.2) is 12.3 Å². The quantitative estimate of drug-likeness (QED) is 0.782. The van der Waals surface area contributed by atoms with E-state index in [1.54, 1.807) is 7.05 Å². The van der Waals surface area contributed by atoms with Gasteiger partial charge in [-0.2, -0.15) is 18.3 Å². The molecule has 0 spiro atoms. The van der Waals surface area contributed by atoms with Crippen molar-refractivity contribution in [1.82, 2.24) is 15.1 Å². The molecule has 0 aliphatic rings. The largest absolute Gasteiger partial charge is 0.416 e. The number of amides is 1. The van der Waals surface area contributed by atoms with E-state index in [0.717, 1.165) is 0 Å². The minimum atomic E-state index is -4.74. The molecule has 0 radical (unpaired) electrons. The van der Waals surface area contributed by atoms with Gasteiger partial charge in [0.2, 0.25) is 0 Å². The van der Waals surface area contributed by atoms with E-state index in [4.69, 9.17) is 5.11 Å². The lowest BCUT2D eigenvalue weighted by Gasteiger charge is -2.14. The normalized spacial score (nSPS) is 13.6. The van der Waals surface area contributed by atoms with Gasteiger partial charge in [0.05, 0.1) is 6.54 Å². The van der Waals surface area contributed by atoms with Crippen LogP contribution < -0.4 is 5.32 Å². The van der Waals surface area contributed by atoms with E-state index >= 15 is 0 Å². The van der Waals surface area contributed by atoms with Crippen molar-refractivity contribution in [3.05, 3.63) is 18.0 Å². The van der Waals surface area contributed by atoms with Crippen molar-refractivity contribution in [2.45, 2.75) is 12.3 Å². The van der Waals surface area contributed by atoms with E-state index < -0.39 is 24.7 Å². The van der Waals surface area contributed by atoms with Crippen LogP contribution in [0.5, 0.6) is 0 Å². The minimum Gasteiger partial charge on any atom is -0.382 e. The number of nitrogens with zero attached hydrogens (tertiary/aromatic N) is 2. The Bertz CT molecular complexity index is 375. The zero-order valence-electron chi connectivity index (χ0n) is 8.32. The van der Waals surface area contributed by atoms with E-state index in [1.807, 2.05) is 5.32 Å². The first-order valence-corrected chi connectivity index (χ1v) is 4.33. The van der Waals surface area contributed by atoms with Crippen molar-refractivity contribution < 1.29 is 23.1 Å². The molecular formula is C8H10F3N3O2. The van der Waals surface area contributed by atoms with Gasteiger partial charge in [-0.05, 0) is 6.07 Å². The number of aliphatic hydroxyl groups is 1. The molecule has 0 aliphatic heterocycles. The molecule has 1 rings (SSSR count). The van der Waals surface area contributed by atoms with Gasteiger partial charge in [-0.15, -0.1) is 0 Å². The number of aliphatic hydroxyl groups excluding tert-OH is 1. The number of halogens is 3. The molecular weight excluding hydrogens is 227 g/mol. The number of aromatic nitrogens is 2. The number of alkyl halides is 3. The molecule has 1 unspecified atom stereocenters. The molecule has 90 valence electrons. The van der Waals surface area contributed by atoms with Crippen LogP contribution in [0.1, 0.15) is 10.5 Å². The maximum atomic E-state index is 11.9. The van der Waals surface area contributed by atoms with Gasteiger partial charge in [-0.1, -0.05) is 0 Å². The summed E-state index contributed by atoms with van der Waals surface area (Å²) < 4.78 is 37.0. The monoisotopic (exact) mass is 237 g/mol. The first-order chi connectivity index (χ1) is 7.30. The Labute approximate surface area is 88.9 Å². The van der Waals surface area contributed by atoms with Crippen LogP contribution in [-0.2, 0) is 7.05 Å². The van der Waals surface area contributed by atoms with Crippen LogP contribution in [0.4, 0.5) is 13.2 Å². The zero-order chi connectivity index (χ0) is 12.3. The zero-order valence-corrected chi connectivity index (χ0v) is 8.32. The molecule has 1 amide bonds. The highest BCUT2D eigenvalue weighted by Gasteiger charge is 2.38. The molecule has 0 saturated carbocycles. The van der Waals surface area contributed by atoms with Gasteiger partial charge in [-0.25, -0.2) is 0 Å². The Morgan fingerprint density at radius 3 is 2.75 bits per heavy atom. The lowest BCUT2D eigenvalue weighted by Crippen LogP contribution is -2.40. The van der Waals surface area contributed by atoms with E-state index in [9.17, 15) is 18.0 Å². The molecule has 1 atom stereocenters. The van der Waals surface area contributed by atoms with Crippen LogP contribution in [0.3, 0.4) is 0 Å². The number of nitrogens with one attached hydrogen (secondary N) is 1. The molecule has 0 aliphatic carbocycles. The molecule has 1 heterocycles. The van der Waals surface area contributed by atoms with Crippen LogP contribution in [0, 0.1) is 0 Å². The summed E-state index contributed by atoms with van der Waals surface area (Å²) in [6, 6.07) is 1.36. The van der Waals surface area contributed by atoms with E-state index in [2.05, 4.69) is 5.10 Å². The van der Waals surface area contributed by atoms with Crippen molar-refractivity contribution in [1.29, 1.82) is 0 Å². The third kappa shape index (κ3) is 3.23. The van der Waals surface area contributed by atoms with Crippen molar-refractivity contribution in [3.63, 3.8) is 0 Å². The van der Waals surface area contributed by atoms with Gasteiger partial charge in [0, 0.05) is 13.2 Å². The number of hydrogen-bond acceptors (Lipinski definition) is 3. The second-order valence-corrected chi connectivity index (χ2v) is 3.14. The second kappa shape index (κ2) is 4.52. The Balaban J connectivity index is 2.48. The fraction of sp³-hybridized carbons (Fsp3) is 0.500. The summed E-state index contributed by atoms with van der Waals surface area (Å²) in [7, 11) is 1.57. The van der Waals surface area contributed by atoms with Crippen molar-refractivity contribution in [2.24, 2.45) is 7.05 Å². The summed E-state index contributed by atoms with van der Waals surface area (Å²) in [5.41, 5.74) is -0.00289. The summed E-state index contributed by atoms with van der Waals surface area (Å²) in [6.45, 7) is -0.890. The Morgan fingerprint density at radius 1 is 1.69 bits per heavy atom. The number of carbonyl (C=O) groups excluding carboxylic acids is 1. The number of carbonyl (C=O) groups is 1. The third-order valence-electron chi connectivity index (χ3n) is 1.78. The number of hydrogen-bond donors (Lipinski definition) is 2. The molecule has 16 heavy (non-hydrogen) atoms. The van der Waals surface area contributed by atoms with Crippen molar-refractivity contribution in [2.75, 3.05) is 6.54 Å². The van der Waals surface area contributed by atoms with Gasteiger partial charge in [0.25, 0.3) is 5.91 Å². The van der Waals surface area contributed by atoms with Gasteiger partial charge >= 0.3 is 6.18 Å². The minimum absolute atomic E-state index is 0.00289. The third-order valence-corrected chi connectivity index (χ3v) is 1.78. The maximum absolute atomic E-state index is 11.9. The van der Waals surface area contributed by atoms with Gasteiger partial charge in [0.1, 0.15) is 5.69 Å². The maximum Gasteiger partial charge on any atom is 0.416 e. The fourth-order valence-corrected chi connectivity index (χ4v) is 0.932. The van der Waals surface area contributed by atoms with Crippen LogP contribution in [0.25, 0.3) is 0 Å². The van der Waals surface area contributed by atoms with Crippen LogP contribution in [-0.4, -0.2) is 39.6 Å². The molecule has 0 aromatic carbocycles. The molecule has 5 nitrogen and oxygen atoms in total. The van der Waals surface area contributed by atoms with Crippen molar-refractivity contribution >= 4 is 5.91 Å².